The van der Waals surface area contributed by atoms with Gasteiger partial charge in [0.1, 0.15) is 4.90 Å². The van der Waals surface area contributed by atoms with E-state index in [9.17, 15) is 8.42 Å². The van der Waals surface area contributed by atoms with Gasteiger partial charge in [0.25, 0.3) is 0 Å². The Balaban J connectivity index is 2.34. The number of rotatable bonds is 5. The Labute approximate surface area is 122 Å². The average molecular weight is 316 g/mol. The maximum atomic E-state index is 12.5. The minimum atomic E-state index is -3.73. The number of nitrogens with zero attached hydrogens (tertiary/aromatic N) is 1. The third-order valence-corrected chi connectivity index (χ3v) is 5.14. The predicted octanol–water partition coefficient (Wildman–Crippen LogP) is 2.25. The van der Waals surface area contributed by atoms with Gasteiger partial charge in [0.2, 0.25) is 10.0 Å². The molecule has 0 bridgehead atoms. The molecule has 2 aromatic rings. The molecule has 1 aromatic carbocycles. The van der Waals surface area contributed by atoms with Crippen LogP contribution in [0, 0.1) is 0 Å². The molecule has 0 spiro atoms. The van der Waals surface area contributed by atoms with Gasteiger partial charge in [0.05, 0.1) is 24.2 Å². The summed E-state index contributed by atoms with van der Waals surface area (Å²) in [6, 6.07) is 6.12. The van der Waals surface area contributed by atoms with Gasteiger partial charge >= 0.3 is 0 Å². The molecule has 108 valence electrons. The molecule has 2 rings (SSSR count). The molecule has 7 heteroatoms. The van der Waals surface area contributed by atoms with Crippen LogP contribution in [-0.2, 0) is 23.2 Å². The lowest BCUT2D eigenvalue weighted by atomic mass is 10.2. The first-order valence-corrected chi connectivity index (χ1v) is 7.63. The molecule has 0 unspecified atom stereocenters. The fourth-order valence-electron chi connectivity index (χ4n) is 1.74. The molecule has 0 saturated heterocycles. The van der Waals surface area contributed by atoms with E-state index in [0.29, 0.717) is 5.56 Å². The van der Waals surface area contributed by atoms with Gasteiger partial charge in [0, 0.05) is 19.2 Å². The first-order valence-electron chi connectivity index (χ1n) is 5.82. The first kappa shape index (κ1) is 15.1. The molecule has 0 radical (unpaired) electrons. The van der Waals surface area contributed by atoms with E-state index in [2.05, 4.69) is 0 Å². The summed E-state index contributed by atoms with van der Waals surface area (Å²) in [5, 5.41) is 9.23. The molecule has 0 aliphatic heterocycles. The number of aliphatic hydroxyl groups is 1. The van der Waals surface area contributed by atoms with E-state index >= 15 is 0 Å². The molecule has 0 fully saturated rings. The lowest BCUT2D eigenvalue weighted by Gasteiger charge is -2.17. The van der Waals surface area contributed by atoms with Crippen molar-refractivity contribution in [3.8, 4) is 0 Å². The zero-order chi connectivity index (χ0) is 14.8. The number of furan rings is 1. The normalized spacial score (nSPS) is 12.0. The summed E-state index contributed by atoms with van der Waals surface area (Å²) in [5.41, 5.74) is 1.23. The molecular formula is C13H14ClNO4S. The van der Waals surface area contributed by atoms with Crippen LogP contribution in [0.3, 0.4) is 0 Å². The van der Waals surface area contributed by atoms with Gasteiger partial charge < -0.3 is 9.52 Å². The summed E-state index contributed by atoms with van der Waals surface area (Å²) in [6.45, 7) is -0.0658. The molecular weight excluding hydrogens is 302 g/mol. The van der Waals surface area contributed by atoms with Gasteiger partial charge in [-0.3, -0.25) is 0 Å². The van der Waals surface area contributed by atoms with Gasteiger partial charge in [-0.15, -0.1) is 0 Å². The lowest BCUT2D eigenvalue weighted by molar-refractivity contribution is 0.281. The second kappa shape index (κ2) is 5.97. The second-order valence-corrected chi connectivity index (χ2v) is 6.74. The Morgan fingerprint density at radius 2 is 2.05 bits per heavy atom. The Morgan fingerprint density at radius 3 is 2.65 bits per heavy atom. The quantitative estimate of drug-likeness (QED) is 0.918. The molecule has 0 amide bonds. The topological polar surface area (TPSA) is 70.8 Å². The summed E-state index contributed by atoms with van der Waals surface area (Å²) < 4.78 is 31.0. The van der Waals surface area contributed by atoms with E-state index in [-0.39, 0.29) is 23.1 Å². The van der Waals surface area contributed by atoms with E-state index in [1.165, 1.54) is 36.0 Å². The van der Waals surface area contributed by atoms with Crippen molar-refractivity contribution in [3.63, 3.8) is 0 Å². The van der Waals surface area contributed by atoms with Crippen LogP contribution in [0.25, 0.3) is 0 Å². The molecule has 1 heterocycles. The zero-order valence-electron chi connectivity index (χ0n) is 10.8. The summed E-state index contributed by atoms with van der Waals surface area (Å²) in [4.78, 5) is -0.0169. The molecule has 20 heavy (non-hydrogen) atoms. The minimum Gasteiger partial charge on any atom is -0.472 e. The van der Waals surface area contributed by atoms with Crippen molar-refractivity contribution in [1.82, 2.24) is 4.31 Å². The number of hydrogen-bond donors (Lipinski definition) is 1. The van der Waals surface area contributed by atoms with Crippen molar-refractivity contribution < 1.29 is 17.9 Å². The maximum Gasteiger partial charge on any atom is 0.244 e. The highest BCUT2D eigenvalue weighted by Gasteiger charge is 2.24. The zero-order valence-corrected chi connectivity index (χ0v) is 12.4. The number of aliphatic hydroxyl groups excluding tert-OH is 1. The standard InChI is InChI=1S/C13H14ClNO4S/c1-15(7-11-4-5-19-9-11)20(17,18)13-6-10(8-16)2-3-12(13)14/h2-6,9,16H,7-8H2,1H3. The maximum absolute atomic E-state index is 12.5. The van der Waals surface area contributed by atoms with Crippen LogP contribution < -0.4 is 0 Å². The van der Waals surface area contributed by atoms with Crippen LogP contribution in [-0.4, -0.2) is 24.9 Å². The SMILES string of the molecule is CN(Cc1ccoc1)S(=O)(=O)c1cc(CO)ccc1Cl. The van der Waals surface area contributed by atoms with E-state index < -0.39 is 10.0 Å². The van der Waals surface area contributed by atoms with Gasteiger partial charge in [-0.2, -0.15) is 4.31 Å². The van der Waals surface area contributed by atoms with Crippen molar-refractivity contribution in [2.24, 2.45) is 0 Å². The van der Waals surface area contributed by atoms with Crippen molar-refractivity contribution in [1.29, 1.82) is 0 Å². The van der Waals surface area contributed by atoms with Crippen LogP contribution in [0.4, 0.5) is 0 Å². The highest BCUT2D eigenvalue weighted by atomic mass is 35.5. The summed E-state index contributed by atoms with van der Waals surface area (Å²) >= 11 is 5.96. The monoisotopic (exact) mass is 315 g/mol. The smallest absolute Gasteiger partial charge is 0.244 e. The highest BCUT2D eigenvalue weighted by Crippen LogP contribution is 2.26. The molecule has 0 aliphatic carbocycles. The van der Waals surface area contributed by atoms with E-state index in [4.69, 9.17) is 21.1 Å². The number of hydrogen-bond acceptors (Lipinski definition) is 4. The molecule has 0 saturated carbocycles. The molecule has 5 nitrogen and oxygen atoms in total. The summed E-state index contributed by atoms with van der Waals surface area (Å²) in [5.74, 6) is 0. The Bertz CT molecular complexity index is 682. The minimum absolute atomic E-state index is 0.0169. The van der Waals surface area contributed by atoms with E-state index in [1.807, 2.05) is 0 Å². The van der Waals surface area contributed by atoms with Crippen LogP contribution >= 0.6 is 11.6 Å². The predicted molar refractivity (Wildman–Crippen MR) is 74.7 cm³/mol. The van der Waals surface area contributed by atoms with E-state index in [1.54, 1.807) is 12.1 Å². The van der Waals surface area contributed by atoms with Gasteiger partial charge in [-0.25, -0.2) is 8.42 Å². The fourth-order valence-corrected chi connectivity index (χ4v) is 3.42. The van der Waals surface area contributed by atoms with Crippen molar-refractivity contribution in [2.45, 2.75) is 18.0 Å². The number of sulfonamides is 1. The second-order valence-electron chi connectivity index (χ2n) is 4.32. The number of halogens is 1. The Hall–Kier alpha value is -1.34. The van der Waals surface area contributed by atoms with Gasteiger partial charge in [-0.05, 0) is 23.8 Å². The third-order valence-electron chi connectivity index (χ3n) is 2.85. The van der Waals surface area contributed by atoms with Gasteiger partial charge in [-0.1, -0.05) is 17.7 Å². The first-order chi connectivity index (χ1) is 9.45. The molecule has 0 aliphatic rings. The number of benzene rings is 1. The molecule has 1 N–H and O–H groups in total. The molecule has 0 atom stereocenters. The summed E-state index contributed by atoms with van der Waals surface area (Å²) in [6.07, 6.45) is 2.97. The lowest BCUT2D eigenvalue weighted by Crippen LogP contribution is -2.26. The van der Waals surface area contributed by atoms with Crippen LogP contribution in [0.1, 0.15) is 11.1 Å². The largest absolute Gasteiger partial charge is 0.472 e. The average Bonchev–Trinajstić information content (AvgIpc) is 2.92. The molecule has 1 aromatic heterocycles. The Kier molecular flexibility index (Phi) is 4.49. The van der Waals surface area contributed by atoms with Crippen molar-refractivity contribution in [3.05, 3.63) is 52.9 Å². The van der Waals surface area contributed by atoms with Crippen molar-refractivity contribution >= 4 is 21.6 Å². The van der Waals surface area contributed by atoms with E-state index in [0.717, 1.165) is 5.56 Å². The van der Waals surface area contributed by atoms with Crippen LogP contribution in [0.2, 0.25) is 5.02 Å². The third kappa shape index (κ3) is 3.04. The van der Waals surface area contributed by atoms with Crippen molar-refractivity contribution in [2.75, 3.05) is 7.05 Å². The highest BCUT2D eigenvalue weighted by molar-refractivity contribution is 7.89. The van der Waals surface area contributed by atoms with Crippen LogP contribution in [0.5, 0.6) is 0 Å². The van der Waals surface area contributed by atoms with Crippen LogP contribution in [0.15, 0.2) is 46.1 Å². The van der Waals surface area contributed by atoms with Gasteiger partial charge in [0.15, 0.2) is 0 Å². The fraction of sp³-hybridized carbons (Fsp3) is 0.231. The summed E-state index contributed by atoms with van der Waals surface area (Å²) in [7, 11) is -2.27. The Morgan fingerprint density at radius 1 is 1.30 bits per heavy atom.